The summed E-state index contributed by atoms with van der Waals surface area (Å²) in [6.07, 6.45) is -0.535. The highest BCUT2D eigenvalue weighted by Gasteiger charge is 2.03. The first kappa shape index (κ1) is 15.6. The summed E-state index contributed by atoms with van der Waals surface area (Å²) in [6.45, 7) is 0.669. The average molecular weight is 398 g/mol. The first-order valence-electron chi connectivity index (χ1n) is 6.32. The van der Waals surface area contributed by atoms with Crippen LogP contribution in [0, 0.1) is 3.57 Å². The highest BCUT2D eigenvalue weighted by Crippen LogP contribution is 2.19. The maximum Gasteiger partial charge on any atom is 0.421 e. The van der Waals surface area contributed by atoms with E-state index in [1.807, 2.05) is 59.0 Å². The van der Waals surface area contributed by atoms with Gasteiger partial charge in [-0.15, -0.1) is 0 Å². The summed E-state index contributed by atoms with van der Waals surface area (Å²) in [5, 5.41) is 9.42. The summed E-state index contributed by atoms with van der Waals surface area (Å²) >= 11 is 2.05. The van der Waals surface area contributed by atoms with Crippen LogP contribution in [0.5, 0.6) is 5.75 Å². The minimum absolute atomic E-state index is 0.228. The number of nitrogens with one attached hydrogen (secondary N) is 2. The van der Waals surface area contributed by atoms with Gasteiger partial charge in [0.2, 0.25) is 0 Å². The van der Waals surface area contributed by atoms with E-state index in [4.69, 9.17) is 4.74 Å². The van der Waals surface area contributed by atoms with Crippen LogP contribution in [0.4, 0.5) is 4.79 Å². The van der Waals surface area contributed by atoms with E-state index in [9.17, 15) is 9.90 Å². The van der Waals surface area contributed by atoms with Gasteiger partial charge in [0.1, 0.15) is 12.4 Å². The molecule has 0 unspecified atom stereocenters. The Morgan fingerprint density at radius 2 is 1.90 bits per heavy atom. The van der Waals surface area contributed by atoms with Crippen molar-refractivity contribution in [3.63, 3.8) is 0 Å². The van der Waals surface area contributed by atoms with Gasteiger partial charge in [-0.1, -0.05) is 36.4 Å². The Hall–Kier alpha value is -1.80. The molecule has 0 aliphatic carbocycles. The van der Waals surface area contributed by atoms with Crippen molar-refractivity contribution in [2.24, 2.45) is 0 Å². The van der Waals surface area contributed by atoms with Crippen LogP contribution in [0.1, 0.15) is 11.1 Å². The molecule has 0 aliphatic heterocycles. The number of aromatic hydroxyl groups is 1. The van der Waals surface area contributed by atoms with E-state index in [0.29, 0.717) is 6.54 Å². The van der Waals surface area contributed by atoms with Crippen LogP contribution in [-0.4, -0.2) is 11.2 Å². The average Bonchev–Trinajstić information content (AvgIpc) is 2.50. The van der Waals surface area contributed by atoms with E-state index in [1.165, 1.54) is 0 Å². The number of halogens is 1. The molecule has 2 aromatic rings. The molecule has 2 aromatic carbocycles. The van der Waals surface area contributed by atoms with Gasteiger partial charge in [-0.05, 0) is 45.9 Å². The van der Waals surface area contributed by atoms with Crippen molar-refractivity contribution < 1.29 is 14.6 Å². The minimum atomic E-state index is -0.535. The molecular weight excluding hydrogens is 383 g/mol. The smallest absolute Gasteiger partial charge is 0.421 e. The van der Waals surface area contributed by atoms with Crippen molar-refractivity contribution in [1.29, 1.82) is 0 Å². The number of benzene rings is 2. The van der Waals surface area contributed by atoms with Crippen LogP contribution >= 0.6 is 22.6 Å². The van der Waals surface area contributed by atoms with Crippen LogP contribution in [0.2, 0.25) is 0 Å². The monoisotopic (exact) mass is 398 g/mol. The predicted molar refractivity (Wildman–Crippen MR) is 87.4 cm³/mol. The quantitative estimate of drug-likeness (QED) is 0.535. The molecule has 0 fully saturated rings. The maximum absolute atomic E-state index is 11.5. The molecule has 0 saturated carbocycles. The first-order chi connectivity index (χ1) is 10.1. The van der Waals surface area contributed by atoms with E-state index in [2.05, 4.69) is 10.9 Å². The zero-order chi connectivity index (χ0) is 15.1. The topological polar surface area (TPSA) is 70.6 Å². The summed E-state index contributed by atoms with van der Waals surface area (Å²) in [7, 11) is 0. The number of hydrogen-bond acceptors (Lipinski definition) is 4. The molecule has 0 radical (unpaired) electrons. The van der Waals surface area contributed by atoms with Crippen molar-refractivity contribution in [2.75, 3.05) is 0 Å². The number of phenols is 1. The van der Waals surface area contributed by atoms with Crippen LogP contribution in [-0.2, 0) is 17.9 Å². The highest BCUT2D eigenvalue weighted by atomic mass is 127. The van der Waals surface area contributed by atoms with Crippen LogP contribution in [0.25, 0.3) is 0 Å². The lowest BCUT2D eigenvalue weighted by Gasteiger charge is -2.09. The molecule has 0 aromatic heterocycles. The minimum Gasteiger partial charge on any atom is -0.507 e. The fourth-order valence-electron chi connectivity index (χ4n) is 1.64. The fourth-order valence-corrected chi connectivity index (χ4v) is 2.22. The van der Waals surface area contributed by atoms with Crippen molar-refractivity contribution in [3.05, 3.63) is 63.2 Å². The molecule has 0 bridgehead atoms. The van der Waals surface area contributed by atoms with Crippen LogP contribution in [0.15, 0.2) is 48.5 Å². The van der Waals surface area contributed by atoms with Crippen molar-refractivity contribution in [3.8, 4) is 5.75 Å². The van der Waals surface area contributed by atoms with Crippen LogP contribution < -0.4 is 10.9 Å². The first-order valence-corrected chi connectivity index (χ1v) is 7.40. The number of amides is 1. The third kappa shape index (κ3) is 5.24. The molecule has 110 valence electrons. The molecule has 21 heavy (non-hydrogen) atoms. The van der Waals surface area contributed by atoms with Gasteiger partial charge in [0, 0.05) is 6.54 Å². The number of hydrogen-bond donors (Lipinski definition) is 3. The maximum atomic E-state index is 11.5. The number of ether oxygens (including phenoxy) is 1. The van der Waals surface area contributed by atoms with Gasteiger partial charge < -0.3 is 9.84 Å². The molecule has 6 heteroatoms. The Kier molecular flexibility index (Phi) is 5.82. The second kappa shape index (κ2) is 7.84. The molecule has 3 N–H and O–H groups in total. The SMILES string of the molecule is O=C(NNCc1ccc(O)c(I)c1)OCc1ccccc1. The van der Waals surface area contributed by atoms with Gasteiger partial charge in [0.25, 0.3) is 0 Å². The van der Waals surface area contributed by atoms with Gasteiger partial charge in [0.05, 0.1) is 3.57 Å². The number of carbonyl (C=O) groups excluding carboxylic acids is 1. The zero-order valence-corrected chi connectivity index (χ0v) is 13.3. The molecule has 1 amide bonds. The van der Waals surface area contributed by atoms with Gasteiger partial charge in [0.15, 0.2) is 0 Å². The molecule has 0 heterocycles. The largest absolute Gasteiger partial charge is 0.507 e. The Labute approximate surface area is 136 Å². The van der Waals surface area contributed by atoms with Gasteiger partial charge in [-0.25, -0.2) is 10.2 Å². The molecule has 2 rings (SSSR count). The van der Waals surface area contributed by atoms with E-state index >= 15 is 0 Å². The summed E-state index contributed by atoms with van der Waals surface area (Å²) < 4.78 is 5.82. The lowest BCUT2D eigenvalue weighted by Crippen LogP contribution is -2.37. The summed E-state index contributed by atoms with van der Waals surface area (Å²) in [5.41, 5.74) is 7.11. The lowest BCUT2D eigenvalue weighted by atomic mass is 10.2. The number of rotatable bonds is 5. The Balaban J connectivity index is 1.70. The number of hydrazine groups is 1. The van der Waals surface area contributed by atoms with Crippen molar-refractivity contribution in [2.45, 2.75) is 13.2 Å². The number of carbonyl (C=O) groups is 1. The van der Waals surface area contributed by atoms with Crippen molar-refractivity contribution >= 4 is 28.7 Å². The second-order valence-corrected chi connectivity index (χ2v) is 5.49. The van der Waals surface area contributed by atoms with E-state index in [1.54, 1.807) is 12.1 Å². The molecule has 0 saturated heterocycles. The van der Waals surface area contributed by atoms with E-state index in [0.717, 1.165) is 14.7 Å². The van der Waals surface area contributed by atoms with Gasteiger partial charge in [-0.2, -0.15) is 0 Å². The highest BCUT2D eigenvalue weighted by molar-refractivity contribution is 14.1. The normalized spacial score (nSPS) is 10.1. The zero-order valence-electron chi connectivity index (χ0n) is 11.2. The van der Waals surface area contributed by atoms with E-state index < -0.39 is 6.09 Å². The van der Waals surface area contributed by atoms with Gasteiger partial charge >= 0.3 is 6.09 Å². The molecule has 0 atom stereocenters. The standard InChI is InChI=1S/C15H15IN2O3/c16-13-8-12(6-7-14(13)19)9-17-18-15(20)21-10-11-4-2-1-3-5-11/h1-8,17,19H,9-10H2,(H,18,20). The third-order valence-electron chi connectivity index (χ3n) is 2.71. The summed E-state index contributed by atoms with van der Waals surface area (Å²) in [6, 6.07) is 14.7. The van der Waals surface area contributed by atoms with Gasteiger partial charge in [-0.3, -0.25) is 5.43 Å². The predicted octanol–water partition coefficient (Wildman–Crippen LogP) is 2.93. The molecule has 0 aliphatic rings. The Morgan fingerprint density at radius 3 is 2.62 bits per heavy atom. The molecule has 5 nitrogen and oxygen atoms in total. The Morgan fingerprint density at radius 1 is 1.14 bits per heavy atom. The second-order valence-electron chi connectivity index (χ2n) is 4.33. The van der Waals surface area contributed by atoms with Crippen LogP contribution in [0.3, 0.4) is 0 Å². The Bertz CT molecular complexity index is 605. The third-order valence-corrected chi connectivity index (χ3v) is 3.57. The molecule has 0 spiro atoms. The fraction of sp³-hybridized carbons (Fsp3) is 0.133. The lowest BCUT2D eigenvalue weighted by molar-refractivity contribution is 0.134. The molecular formula is C15H15IN2O3. The van der Waals surface area contributed by atoms with E-state index in [-0.39, 0.29) is 12.4 Å². The van der Waals surface area contributed by atoms with Crippen molar-refractivity contribution in [1.82, 2.24) is 10.9 Å². The summed E-state index contributed by atoms with van der Waals surface area (Å²) in [5.74, 6) is 0.245. The summed E-state index contributed by atoms with van der Waals surface area (Å²) in [4.78, 5) is 11.5. The number of phenolic OH excluding ortho intramolecular Hbond substituents is 1.